The summed E-state index contributed by atoms with van der Waals surface area (Å²) in [7, 11) is 2.06. The third-order valence-corrected chi connectivity index (χ3v) is 2.98. The van der Waals surface area contributed by atoms with E-state index in [4.69, 9.17) is 5.73 Å². The summed E-state index contributed by atoms with van der Waals surface area (Å²) in [6, 6.07) is 5.22. The van der Waals surface area contributed by atoms with Gasteiger partial charge in [-0.05, 0) is 50.1 Å². The molecule has 1 atom stereocenters. The molecule has 0 aromatic heterocycles. The average molecular weight is 238 g/mol. The Morgan fingerprint density at radius 1 is 1.24 bits per heavy atom. The third kappa shape index (κ3) is 4.73. The fourth-order valence-corrected chi connectivity index (χ4v) is 2.07. The highest BCUT2D eigenvalue weighted by molar-refractivity contribution is 5.41. The van der Waals surface area contributed by atoms with Crippen molar-refractivity contribution in [3.63, 3.8) is 0 Å². The minimum Gasteiger partial charge on any atom is -0.399 e. The first-order valence-electron chi connectivity index (χ1n) is 6.13. The van der Waals surface area contributed by atoms with E-state index in [1.807, 2.05) is 6.07 Å². The highest BCUT2D eigenvalue weighted by Crippen LogP contribution is 2.16. The van der Waals surface area contributed by atoms with Gasteiger partial charge < -0.3 is 5.73 Å². The first-order chi connectivity index (χ1) is 7.88. The smallest absolute Gasteiger partial charge is 0.125 e. The molecule has 0 radical (unpaired) electrons. The molecule has 1 rings (SSSR count). The molecule has 0 saturated carbocycles. The van der Waals surface area contributed by atoms with Crippen LogP contribution in [0.5, 0.6) is 0 Å². The van der Waals surface area contributed by atoms with E-state index in [2.05, 4.69) is 32.7 Å². The Hall–Kier alpha value is -1.09. The molecule has 0 bridgehead atoms. The van der Waals surface area contributed by atoms with Crippen LogP contribution in [0.2, 0.25) is 0 Å². The third-order valence-electron chi connectivity index (χ3n) is 2.98. The molecule has 0 saturated heterocycles. The molecule has 0 aliphatic heterocycles. The van der Waals surface area contributed by atoms with Gasteiger partial charge in [-0.3, -0.25) is 4.90 Å². The number of rotatable bonds is 5. The van der Waals surface area contributed by atoms with E-state index in [-0.39, 0.29) is 5.82 Å². The van der Waals surface area contributed by atoms with Crippen LogP contribution in [0.1, 0.15) is 32.8 Å². The number of hydrogen-bond donors (Lipinski definition) is 1. The summed E-state index contributed by atoms with van der Waals surface area (Å²) in [5.74, 6) is 0.412. The molecule has 1 aromatic rings. The van der Waals surface area contributed by atoms with Crippen molar-refractivity contribution < 1.29 is 4.39 Å². The molecule has 2 nitrogen and oxygen atoms in total. The van der Waals surface area contributed by atoms with Crippen LogP contribution in [0.25, 0.3) is 0 Å². The molecular weight excluding hydrogens is 215 g/mol. The van der Waals surface area contributed by atoms with Crippen molar-refractivity contribution in [2.75, 3.05) is 12.8 Å². The van der Waals surface area contributed by atoms with Crippen molar-refractivity contribution >= 4 is 5.69 Å². The van der Waals surface area contributed by atoms with Gasteiger partial charge in [0.15, 0.2) is 0 Å². The number of halogens is 1. The van der Waals surface area contributed by atoms with Gasteiger partial charge in [0.05, 0.1) is 0 Å². The van der Waals surface area contributed by atoms with Gasteiger partial charge in [-0.1, -0.05) is 13.8 Å². The summed E-state index contributed by atoms with van der Waals surface area (Å²) >= 11 is 0. The molecule has 1 unspecified atom stereocenters. The van der Waals surface area contributed by atoms with Crippen LogP contribution >= 0.6 is 0 Å². The molecule has 96 valence electrons. The summed E-state index contributed by atoms with van der Waals surface area (Å²) in [6.45, 7) is 7.35. The topological polar surface area (TPSA) is 29.3 Å². The van der Waals surface area contributed by atoms with Crippen molar-refractivity contribution in [2.45, 2.75) is 39.8 Å². The van der Waals surface area contributed by atoms with Gasteiger partial charge in [-0.25, -0.2) is 4.39 Å². The van der Waals surface area contributed by atoms with E-state index >= 15 is 0 Å². The fourth-order valence-electron chi connectivity index (χ4n) is 2.07. The summed E-state index contributed by atoms with van der Waals surface area (Å²) in [5, 5.41) is 0. The highest BCUT2D eigenvalue weighted by Gasteiger charge is 2.11. The Morgan fingerprint density at radius 3 is 2.41 bits per heavy atom. The molecule has 0 amide bonds. The van der Waals surface area contributed by atoms with Crippen LogP contribution in [0, 0.1) is 11.7 Å². The largest absolute Gasteiger partial charge is 0.399 e. The van der Waals surface area contributed by atoms with Gasteiger partial charge in [0.2, 0.25) is 0 Å². The Balaban J connectivity index is 2.63. The Kier molecular flexibility index (Phi) is 4.94. The maximum absolute atomic E-state index is 13.2. The summed E-state index contributed by atoms with van der Waals surface area (Å²) in [5.41, 5.74) is 7.06. The SMILES string of the molecule is CC(C)CC(C)N(C)Cc1cc(N)cc(F)c1. The van der Waals surface area contributed by atoms with Crippen LogP contribution < -0.4 is 5.73 Å². The summed E-state index contributed by atoms with van der Waals surface area (Å²) < 4.78 is 13.2. The second-order valence-electron chi connectivity index (χ2n) is 5.29. The maximum Gasteiger partial charge on any atom is 0.125 e. The van der Waals surface area contributed by atoms with Crippen molar-refractivity contribution in [1.82, 2.24) is 4.90 Å². The number of nitrogens with two attached hydrogens (primary N) is 1. The predicted octanol–water partition coefficient (Wildman–Crippen LogP) is 3.27. The summed E-state index contributed by atoms with van der Waals surface area (Å²) in [6.07, 6.45) is 1.14. The van der Waals surface area contributed by atoms with E-state index in [1.54, 1.807) is 6.07 Å². The Morgan fingerprint density at radius 2 is 1.88 bits per heavy atom. The molecule has 1 aromatic carbocycles. The van der Waals surface area contributed by atoms with Gasteiger partial charge in [0.25, 0.3) is 0 Å². The molecular formula is C14H23FN2. The molecule has 0 spiro atoms. The lowest BCUT2D eigenvalue weighted by atomic mass is 10.0. The van der Waals surface area contributed by atoms with Crippen LogP contribution in [0.4, 0.5) is 10.1 Å². The quantitative estimate of drug-likeness (QED) is 0.798. The van der Waals surface area contributed by atoms with Crippen LogP contribution in [-0.4, -0.2) is 18.0 Å². The molecule has 3 heteroatoms. The number of nitrogens with zero attached hydrogens (tertiary/aromatic N) is 1. The standard InChI is InChI=1S/C14H23FN2/c1-10(2)5-11(3)17(4)9-12-6-13(15)8-14(16)7-12/h6-8,10-11H,5,9,16H2,1-4H3. The first kappa shape index (κ1) is 14.0. The van der Waals surface area contributed by atoms with E-state index in [0.717, 1.165) is 18.5 Å². The van der Waals surface area contributed by atoms with Gasteiger partial charge in [-0.2, -0.15) is 0 Å². The van der Waals surface area contributed by atoms with Gasteiger partial charge in [-0.15, -0.1) is 0 Å². The van der Waals surface area contributed by atoms with E-state index in [9.17, 15) is 4.39 Å². The molecule has 0 fully saturated rings. The van der Waals surface area contributed by atoms with Crippen LogP contribution in [-0.2, 0) is 6.54 Å². The van der Waals surface area contributed by atoms with Crippen molar-refractivity contribution in [3.05, 3.63) is 29.6 Å². The molecule has 17 heavy (non-hydrogen) atoms. The zero-order valence-corrected chi connectivity index (χ0v) is 11.2. The maximum atomic E-state index is 13.2. The molecule has 0 aliphatic rings. The zero-order chi connectivity index (χ0) is 13.0. The predicted molar refractivity (Wildman–Crippen MR) is 71.2 cm³/mol. The second kappa shape index (κ2) is 6.01. The lowest BCUT2D eigenvalue weighted by Crippen LogP contribution is -2.29. The number of nitrogen functional groups attached to an aromatic ring is 1. The lowest BCUT2D eigenvalue weighted by molar-refractivity contribution is 0.220. The van der Waals surface area contributed by atoms with Gasteiger partial charge >= 0.3 is 0 Å². The minimum absolute atomic E-state index is 0.259. The van der Waals surface area contributed by atoms with Gasteiger partial charge in [0, 0.05) is 18.3 Å². The van der Waals surface area contributed by atoms with Crippen molar-refractivity contribution in [3.8, 4) is 0 Å². The zero-order valence-electron chi connectivity index (χ0n) is 11.2. The normalized spacial score (nSPS) is 13.4. The minimum atomic E-state index is -0.259. The van der Waals surface area contributed by atoms with Crippen molar-refractivity contribution in [1.29, 1.82) is 0 Å². The second-order valence-corrected chi connectivity index (χ2v) is 5.29. The Bertz CT molecular complexity index is 343. The Labute approximate surface area is 104 Å². The molecule has 2 N–H and O–H groups in total. The first-order valence-corrected chi connectivity index (χ1v) is 6.13. The monoisotopic (exact) mass is 238 g/mol. The lowest BCUT2D eigenvalue weighted by Gasteiger charge is -2.26. The number of hydrogen-bond acceptors (Lipinski definition) is 2. The molecule has 0 heterocycles. The number of anilines is 1. The molecule has 0 aliphatic carbocycles. The van der Waals surface area contributed by atoms with Gasteiger partial charge in [0.1, 0.15) is 5.82 Å². The van der Waals surface area contributed by atoms with Crippen molar-refractivity contribution in [2.24, 2.45) is 5.92 Å². The van der Waals surface area contributed by atoms with E-state index in [1.165, 1.54) is 6.07 Å². The summed E-state index contributed by atoms with van der Waals surface area (Å²) in [4.78, 5) is 2.23. The van der Waals surface area contributed by atoms with Crippen LogP contribution in [0.15, 0.2) is 18.2 Å². The fraction of sp³-hybridized carbons (Fsp3) is 0.571. The van der Waals surface area contributed by atoms with E-state index < -0.39 is 0 Å². The average Bonchev–Trinajstić information content (AvgIpc) is 2.14. The number of benzene rings is 1. The van der Waals surface area contributed by atoms with E-state index in [0.29, 0.717) is 17.6 Å². The van der Waals surface area contributed by atoms with Crippen LogP contribution in [0.3, 0.4) is 0 Å². The highest BCUT2D eigenvalue weighted by atomic mass is 19.1.